The van der Waals surface area contributed by atoms with Crippen molar-refractivity contribution >= 4 is 17.1 Å². The van der Waals surface area contributed by atoms with Crippen molar-refractivity contribution in [2.24, 2.45) is 0 Å². The van der Waals surface area contributed by atoms with Gasteiger partial charge in [0.25, 0.3) is 0 Å². The number of nitrogens with zero attached hydrogens (tertiary/aromatic N) is 1. The van der Waals surface area contributed by atoms with Gasteiger partial charge in [-0.2, -0.15) is 0 Å². The second-order valence-corrected chi connectivity index (χ2v) is 15.2. The number of ether oxygens (including phenoxy) is 2. The van der Waals surface area contributed by atoms with Crippen LogP contribution in [0, 0.1) is 0 Å². The minimum Gasteiger partial charge on any atom is -0.449 e. The molecule has 3 aliphatic rings. The van der Waals surface area contributed by atoms with E-state index in [4.69, 9.17) is 9.47 Å². The smallest absolute Gasteiger partial charge is 0.194 e. The SMILES string of the molecule is c1ccc(-c2ccc(N(c3cccc(-c4ccccc4)c3)c3cccc4c3Oc3cc5c(cc3O4)-c3ccccc3C53c4ccccc4-c4ccccc43)cc2)cc1. The lowest BCUT2D eigenvalue weighted by Crippen LogP contribution is -2.25. The van der Waals surface area contributed by atoms with Gasteiger partial charge in [-0.1, -0.05) is 164 Å². The highest BCUT2D eigenvalue weighted by molar-refractivity contribution is 5.96. The lowest BCUT2D eigenvalue weighted by Gasteiger charge is -2.32. The van der Waals surface area contributed by atoms with Crippen molar-refractivity contribution in [2.45, 2.75) is 5.41 Å². The van der Waals surface area contributed by atoms with Crippen molar-refractivity contribution in [1.29, 1.82) is 0 Å². The van der Waals surface area contributed by atoms with Crippen molar-refractivity contribution in [3.8, 4) is 67.5 Å². The molecule has 3 heteroatoms. The van der Waals surface area contributed by atoms with Gasteiger partial charge in [0.1, 0.15) is 0 Å². The molecule has 3 nitrogen and oxygen atoms in total. The zero-order chi connectivity index (χ0) is 38.2. The molecule has 0 atom stereocenters. The molecule has 0 unspecified atom stereocenters. The monoisotopic (exact) mass is 741 g/mol. The van der Waals surface area contributed by atoms with Gasteiger partial charge in [-0.15, -0.1) is 0 Å². The summed E-state index contributed by atoms with van der Waals surface area (Å²) in [6.45, 7) is 0. The highest BCUT2D eigenvalue weighted by Crippen LogP contribution is 2.65. The molecule has 2 aliphatic carbocycles. The van der Waals surface area contributed by atoms with E-state index in [2.05, 4.69) is 211 Å². The van der Waals surface area contributed by atoms with Crippen molar-refractivity contribution in [1.82, 2.24) is 0 Å². The predicted octanol–water partition coefficient (Wildman–Crippen LogP) is 14.7. The molecule has 1 spiro atoms. The van der Waals surface area contributed by atoms with Crippen LogP contribution in [-0.2, 0) is 5.41 Å². The Balaban J connectivity index is 1.03. The Kier molecular flexibility index (Phi) is 7.14. The number of anilines is 3. The molecule has 0 saturated carbocycles. The van der Waals surface area contributed by atoms with E-state index in [1.54, 1.807) is 0 Å². The molecule has 272 valence electrons. The number of para-hydroxylation sites is 1. The molecule has 9 aromatic rings. The first-order chi connectivity index (χ1) is 28.8. The fraction of sp³-hybridized carbons (Fsp3) is 0.0182. The molecule has 0 fully saturated rings. The van der Waals surface area contributed by atoms with E-state index in [0.29, 0.717) is 23.0 Å². The molecular formula is C55H35NO2. The van der Waals surface area contributed by atoms with E-state index in [9.17, 15) is 0 Å². The van der Waals surface area contributed by atoms with Crippen LogP contribution >= 0.6 is 0 Å². The van der Waals surface area contributed by atoms with Crippen molar-refractivity contribution < 1.29 is 9.47 Å². The number of benzene rings is 9. The van der Waals surface area contributed by atoms with Gasteiger partial charge in [0.2, 0.25) is 0 Å². The number of rotatable bonds is 5. The maximum absolute atomic E-state index is 7.18. The van der Waals surface area contributed by atoms with Gasteiger partial charge in [0.05, 0.1) is 11.1 Å². The van der Waals surface area contributed by atoms with Gasteiger partial charge >= 0.3 is 0 Å². The molecule has 0 saturated heterocycles. The Morgan fingerprint density at radius 2 is 0.828 bits per heavy atom. The third kappa shape index (κ3) is 4.74. The molecule has 12 rings (SSSR count). The summed E-state index contributed by atoms with van der Waals surface area (Å²) in [6.07, 6.45) is 0. The van der Waals surface area contributed by atoms with E-state index in [1.807, 2.05) is 6.07 Å². The Morgan fingerprint density at radius 3 is 1.48 bits per heavy atom. The first-order valence-corrected chi connectivity index (χ1v) is 19.8. The Labute approximate surface area is 337 Å². The van der Waals surface area contributed by atoms with E-state index >= 15 is 0 Å². The van der Waals surface area contributed by atoms with Gasteiger partial charge in [-0.05, 0) is 115 Å². The second-order valence-electron chi connectivity index (χ2n) is 15.2. The summed E-state index contributed by atoms with van der Waals surface area (Å²) in [7, 11) is 0. The van der Waals surface area contributed by atoms with Gasteiger partial charge in [0.15, 0.2) is 23.0 Å². The molecular weight excluding hydrogens is 707 g/mol. The average molecular weight is 742 g/mol. The van der Waals surface area contributed by atoms with Crippen molar-refractivity contribution in [3.63, 3.8) is 0 Å². The van der Waals surface area contributed by atoms with Crippen LogP contribution in [0.2, 0.25) is 0 Å². The zero-order valence-corrected chi connectivity index (χ0v) is 31.5. The molecule has 1 aliphatic heterocycles. The highest BCUT2D eigenvalue weighted by Gasteiger charge is 2.52. The van der Waals surface area contributed by atoms with Gasteiger partial charge < -0.3 is 14.4 Å². The van der Waals surface area contributed by atoms with Crippen molar-refractivity contribution in [3.05, 3.63) is 235 Å². The standard InChI is InChI=1S/C55H35NO2/c1-3-15-36(16-4-1)38-29-31-40(32-30-38)56(41-20-13-19-39(33-41)37-17-5-2-6-18-37)50-27-14-28-51-54(50)58-53-35-49-45(34-52(53)57-51)44-23-9-12-26-48(44)55(49)46-24-10-7-21-42(46)43-22-8-11-25-47(43)55/h1-35H. The summed E-state index contributed by atoms with van der Waals surface area (Å²) in [5.74, 6) is 2.75. The normalized spacial score (nSPS) is 13.2. The fourth-order valence-electron chi connectivity index (χ4n) is 9.67. The Bertz CT molecular complexity index is 3020. The van der Waals surface area contributed by atoms with Crippen LogP contribution in [0.3, 0.4) is 0 Å². The molecule has 58 heavy (non-hydrogen) atoms. The molecule has 0 bridgehead atoms. The summed E-state index contributed by atoms with van der Waals surface area (Å²) in [5, 5.41) is 0. The molecule has 0 N–H and O–H groups in total. The molecule has 0 radical (unpaired) electrons. The Hall–Kier alpha value is -7.62. The van der Waals surface area contributed by atoms with Crippen LogP contribution in [0.5, 0.6) is 23.0 Å². The molecule has 0 amide bonds. The summed E-state index contributed by atoms with van der Waals surface area (Å²) in [4.78, 5) is 2.28. The lowest BCUT2D eigenvalue weighted by molar-refractivity contribution is 0.360. The Morgan fingerprint density at radius 1 is 0.310 bits per heavy atom. The van der Waals surface area contributed by atoms with E-state index in [0.717, 1.165) is 33.8 Å². The zero-order valence-electron chi connectivity index (χ0n) is 31.5. The minimum absolute atomic E-state index is 0.484. The fourth-order valence-corrected chi connectivity index (χ4v) is 9.67. The summed E-state index contributed by atoms with van der Waals surface area (Å²) >= 11 is 0. The van der Waals surface area contributed by atoms with Gasteiger partial charge in [-0.25, -0.2) is 0 Å². The largest absolute Gasteiger partial charge is 0.449 e. The van der Waals surface area contributed by atoms with Crippen LogP contribution in [-0.4, -0.2) is 0 Å². The maximum Gasteiger partial charge on any atom is 0.194 e. The van der Waals surface area contributed by atoms with Crippen LogP contribution in [0.4, 0.5) is 17.1 Å². The van der Waals surface area contributed by atoms with Gasteiger partial charge in [0, 0.05) is 11.4 Å². The number of hydrogen-bond acceptors (Lipinski definition) is 3. The lowest BCUT2D eigenvalue weighted by atomic mass is 9.70. The van der Waals surface area contributed by atoms with Crippen LogP contribution in [0.25, 0.3) is 44.5 Å². The van der Waals surface area contributed by atoms with E-state index in [-0.39, 0.29) is 0 Å². The number of fused-ring (bicyclic) bond motifs is 12. The summed E-state index contributed by atoms with van der Waals surface area (Å²) in [5.41, 5.74) is 17.1. The maximum atomic E-state index is 7.18. The topological polar surface area (TPSA) is 21.7 Å². The van der Waals surface area contributed by atoms with Crippen LogP contribution in [0.15, 0.2) is 212 Å². The second kappa shape index (κ2) is 12.7. The minimum atomic E-state index is -0.484. The summed E-state index contributed by atoms with van der Waals surface area (Å²) in [6, 6.07) is 75.8. The first-order valence-electron chi connectivity index (χ1n) is 19.8. The van der Waals surface area contributed by atoms with Crippen LogP contribution < -0.4 is 14.4 Å². The molecule has 0 aromatic heterocycles. The number of hydrogen-bond donors (Lipinski definition) is 0. The quantitative estimate of drug-likeness (QED) is 0.175. The molecule has 1 heterocycles. The first kappa shape index (κ1) is 32.6. The predicted molar refractivity (Wildman–Crippen MR) is 235 cm³/mol. The van der Waals surface area contributed by atoms with Gasteiger partial charge in [-0.3, -0.25) is 0 Å². The summed E-state index contributed by atoms with van der Waals surface area (Å²) < 4.78 is 14.1. The van der Waals surface area contributed by atoms with Crippen molar-refractivity contribution in [2.75, 3.05) is 4.90 Å². The van der Waals surface area contributed by atoms with E-state index < -0.39 is 5.41 Å². The highest BCUT2D eigenvalue weighted by atomic mass is 16.6. The third-order valence-electron chi connectivity index (χ3n) is 12.1. The van der Waals surface area contributed by atoms with Crippen LogP contribution in [0.1, 0.15) is 22.3 Å². The van der Waals surface area contributed by atoms with E-state index in [1.165, 1.54) is 50.1 Å². The molecule has 9 aromatic carbocycles. The third-order valence-corrected chi connectivity index (χ3v) is 12.1. The average Bonchev–Trinajstić information content (AvgIpc) is 3.75.